The zero-order valence-corrected chi connectivity index (χ0v) is 17.0. The first-order valence-corrected chi connectivity index (χ1v) is 12.0. The van der Waals surface area contributed by atoms with Crippen molar-refractivity contribution in [2.45, 2.75) is 55.5 Å². The molecule has 0 aromatic rings. The van der Waals surface area contributed by atoms with Crippen molar-refractivity contribution in [1.82, 2.24) is 0 Å². The van der Waals surface area contributed by atoms with Crippen molar-refractivity contribution in [2.24, 2.45) is 5.16 Å². The fourth-order valence-corrected chi connectivity index (χ4v) is 4.22. The number of thioether (sulfide) groups is 1. The van der Waals surface area contributed by atoms with Crippen LogP contribution in [0.4, 0.5) is 0 Å². The lowest BCUT2D eigenvalue weighted by Crippen LogP contribution is -2.57. The molecule has 0 radical (unpaired) electrons. The highest BCUT2D eigenvalue weighted by atomic mass is 32.3. The van der Waals surface area contributed by atoms with Crippen LogP contribution >= 0.6 is 11.8 Å². The van der Waals surface area contributed by atoms with Gasteiger partial charge in [0.1, 0.15) is 34.9 Å². The van der Waals surface area contributed by atoms with Gasteiger partial charge in [-0.1, -0.05) is 23.3 Å². The fraction of sp³-hybridized carbons (Fsp3) is 0.923. The van der Waals surface area contributed by atoms with Gasteiger partial charge in [-0.15, -0.1) is 0 Å². The molecule has 6 unspecified atom stereocenters. The first-order valence-electron chi connectivity index (χ1n) is 8.03. The fourth-order valence-electron chi connectivity index (χ4n) is 2.27. The van der Waals surface area contributed by atoms with Gasteiger partial charge in [-0.3, -0.25) is 8.49 Å². The maximum Gasteiger partial charge on any atom is 0.284 e. The minimum Gasteiger partial charge on any atom is -0.714 e. The van der Waals surface area contributed by atoms with E-state index in [9.17, 15) is 37.6 Å². The summed E-state index contributed by atoms with van der Waals surface area (Å²) >= 11 is 0.711. The molecular weight excluding hydrogens is 426 g/mol. The van der Waals surface area contributed by atoms with Crippen LogP contribution in [-0.4, -0.2) is 91.1 Å². The quantitative estimate of drug-likeness (QED) is 0.0738. The molecule has 1 fully saturated rings. The SMILES string of the molecule is CS(=O)CCCCC/C(=N/OS(=O)(=O)[O-])SC1OC(CO)C(O)C(O)C1O. The molecule has 0 aliphatic carbocycles. The van der Waals surface area contributed by atoms with Crippen molar-refractivity contribution >= 4 is 38.0 Å². The standard InChI is InChI=1S/C13H25NO10S3/c1-26(19)6-4-2-3-5-9(14-24-27(20,21)22)25-13-12(18)11(17)10(16)8(7-15)23-13/h8,10-13,15-18H,2-7H2,1H3,(H,20,21,22)/p-1/b14-9-. The third-order valence-corrected chi connectivity index (χ3v) is 5.95. The van der Waals surface area contributed by atoms with Crippen molar-refractivity contribution < 1.29 is 46.6 Å². The zero-order valence-electron chi connectivity index (χ0n) is 14.5. The molecule has 0 spiro atoms. The van der Waals surface area contributed by atoms with Crippen molar-refractivity contribution in [3.05, 3.63) is 0 Å². The Hall–Kier alpha value is -0.320. The normalized spacial score (nSPS) is 30.9. The van der Waals surface area contributed by atoms with E-state index in [4.69, 9.17) is 4.74 Å². The molecule has 4 N–H and O–H groups in total. The predicted molar refractivity (Wildman–Crippen MR) is 97.0 cm³/mol. The molecule has 14 heteroatoms. The number of oxime groups is 1. The van der Waals surface area contributed by atoms with E-state index in [1.807, 2.05) is 0 Å². The highest BCUT2D eigenvalue weighted by Crippen LogP contribution is 2.30. The number of aliphatic hydroxyl groups excluding tert-OH is 4. The number of unbranched alkanes of at least 4 members (excludes halogenated alkanes) is 2. The molecule has 1 heterocycles. The number of hydrogen-bond donors (Lipinski definition) is 4. The minimum absolute atomic E-state index is 0.0105. The highest BCUT2D eigenvalue weighted by Gasteiger charge is 2.44. The first kappa shape index (κ1) is 24.7. The molecule has 0 saturated carbocycles. The van der Waals surface area contributed by atoms with Gasteiger partial charge in [0.15, 0.2) is 0 Å². The van der Waals surface area contributed by atoms with Crippen molar-refractivity contribution in [3.8, 4) is 0 Å². The summed E-state index contributed by atoms with van der Waals surface area (Å²) in [6, 6.07) is 0. The summed E-state index contributed by atoms with van der Waals surface area (Å²) in [6.45, 7) is -0.617. The van der Waals surface area contributed by atoms with Gasteiger partial charge in [-0.05, 0) is 19.3 Å². The number of aliphatic hydroxyl groups is 4. The Kier molecular flexibility index (Phi) is 10.6. The Morgan fingerprint density at radius 2 is 1.89 bits per heavy atom. The van der Waals surface area contributed by atoms with E-state index in [1.165, 1.54) is 0 Å². The Bertz CT molecular complexity index is 611. The van der Waals surface area contributed by atoms with Crippen molar-refractivity contribution in [1.29, 1.82) is 0 Å². The molecule has 160 valence electrons. The van der Waals surface area contributed by atoms with Crippen molar-refractivity contribution in [2.75, 3.05) is 18.6 Å². The largest absolute Gasteiger partial charge is 0.714 e. The van der Waals surface area contributed by atoms with Crippen LogP contribution in [0.25, 0.3) is 0 Å². The van der Waals surface area contributed by atoms with E-state index in [1.54, 1.807) is 6.26 Å². The van der Waals surface area contributed by atoms with E-state index in [0.29, 0.717) is 36.8 Å². The van der Waals surface area contributed by atoms with E-state index in [0.717, 1.165) is 0 Å². The van der Waals surface area contributed by atoms with Gasteiger partial charge >= 0.3 is 0 Å². The molecule has 0 aromatic carbocycles. The molecule has 1 rings (SSSR count). The topological polar surface area (TPSA) is 186 Å². The second-order valence-corrected chi connectivity index (χ2v) is 9.56. The van der Waals surface area contributed by atoms with E-state index in [2.05, 4.69) is 9.44 Å². The maximum absolute atomic E-state index is 11.0. The Labute approximate surface area is 164 Å². The lowest BCUT2D eigenvalue weighted by Gasteiger charge is -2.39. The van der Waals surface area contributed by atoms with Gasteiger partial charge in [0.25, 0.3) is 10.4 Å². The lowest BCUT2D eigenvalue weighted by atomic mass is 10.0. The molecule has 11 nitrogen and oxygen atoms in total. The number of ether oxygens (including phenoxy) is 1. The molecule has 6 atom stereocenters. The summed E-state index contributed by atoms with van der Waals surface area (Å²) < 4.78 is 52.1. The molecule has 27 heavy (non-hydrogen) atoms. The summed E-state index contributed by atoms with van der Waals surface area (Å²) in [7, 11) is -6.01. The smallest absolute Gasteiger partial charge is 0.284 e. The average Bonchev–Trinajstić information content (AvgIpc) is 2.58. The van der Waals surface area contributed by atoms with Gasteiger partial charge in [0, 0.05) is 22.8 Å². The monoisotopic (exact) mass is 450 g/mol. The summed E-state index contributed by atoms with van der Waals surface area (Å²) in [5.74, 6) is 0.512. The highest BCUT2D eigenvalue weighted by molar-refractivity contribution is 8.14. The van der Waals surface area contributed by atoms with Crippen LogP contribution in [0.2, 0.25) is 0 Å². The second kappa shape index (κ2) is 11.6. The molecule has 1 aliphatic rings. The van der Waals surface area contributed by atoms with Crippen LogP contribution < -0.4 is 0 Å². The van der Waals surface area contributed by atoms with E-state index < -0.39 is 57.7 Å². The molecule has 1 aliphatic heterocycles. The van der Waals surface area contributed by atoms with Crippen LogP contribution in [0.1, 0.15) is 25.7 Å². The first-order chi connectivity index (χ1) is 12.5. The summed E-state index contributed by atoms with van der Waals surface area (Å²) in [6.07, 6.45) is -2.24. The van der Waals surface area contributed by atoms with E-state index >= 15 is 0 Å². The van der Waals surface area contributed by atoms with Crippen LogP contribution in [0.3, 0.4) is 0 Å². The second-order valence-electron chi connectivity index (χ2n) is 5.87. The van der Waals surface area contributed by atoms with Crippen molar-refractivity contribution in [3.63, 3.8) is 0 Å². The summed E-state index contributed by atoms with van der Waals surface area (Å²) in [5, 5.41) is 42.0. The van der Waals surface area contributed by atoms with Crippen LogP contribution in [0.15, 0.2) is 5.16 Å². The van der Waals surface area contributed by atoms with Gasteiger partial charge in [0.2, 0.25) is 0 Å². The Morgan fingerprint density at radius 3 is 2.44 bits per heavy atom. The van der Waals surface area contributed by atoms with Gasteiger partial charge in [-0.2, -0.15) is 8.42 Å². The third kappa shape index (κ3) is 9.15. The summed E-state index contributed by atoms with van der Waals surface area (Å²) in [4.78, 5) is 0. The number of rotatable bonds is 10. The molecule has 0 amide bonds. The summed E-state index contributed by atoms with van der Waals surface area (Å²) in [5.41, 5.74) is -1.18. The maximum atomic E-state index is 11.0. The number of nitrogens with zero attached hydrogens (tertiary/aromatic N) is 1. The van der Waals surface area contributed by atoms with Crippen LogP contribution in [-0.2, 0) is 30.2 Å². The van der Waals surface area contributed by atoms with Gasteiger partial charge in [0.05, 0.1) is 6.61 Å². The van der Waals surface area contributed by atoms with Crippen LogP contribution in [0.5, 0.6) is 0 Å². The lowest BCUT2D eigenvalue weighted by molar-refractivity contribution is -0.205. The third-order valence-electron chi connectivity index (χ3n) is 3.65. The van der Waals surface area contributed by atoms with Gasteiger partial charge < -0.3 is 29.7 Å². The average molecular weight is 451 g/mol. The Balaban J connectivity index is 2.75. The molecule has 0 aromatic heterocycles. The minimum atomic E-state index is -5.08. The van der Waals surface area contributed by atoms with Gasteiger partial charge in [-0.25, -0.2) is 0 Å². The zero-order chi connectivity index (χ0) is 20.6. The Morgan fingerprint density at radius 1 is 1.22 bits per heavy atom. The molecular formula is C13H24NO10S3-. The number of hydrogen-bond acceptors (Lipinski definition) is 12. The van der Waals surface area contributed by atoms with Crippen LogP contribution in [0, 0.1) is 0 Å². The predicted octanol–water partition coefficient (Wildman–Crippen LogP) is -1.75. The van der Waals surface area contributed by atoms with E-state index in [-0.39, 0.29) is 11.5 Å². The molecule has 1 saturated heterocycles. The molecule has 0 bridgehead atoms.